The van der Waals surface area contributed by atoms with Gasteiger partial charge in [-0.1, -0.05) is 26.0 Å². The van der Waals surface area contributed by atoms with Crippen LogP contribution in [0.3, 0.4) is 0 Å². The molecule has 0 saturated carbocycles. The molecular weight excluding hydrogens is 327 g/mol. The van der Waals surface area contributed by atoms with E-state index in [9.17, 15) is 18.8 Å². The average Bonchev–Trinajstić information content (AvgIpc) is 2.58. The van der Waals surface area contributed by atoms with Crippen molar-refractivity contribution in [3.63, 3.8) is 0 Å². The van der Waals surface area contributed by atoms with Crippen LogP contribution in [-0.4, -0.2) is 48.9 Å². The summed E-state index contributed by atoms with van der Waals surface area (Å²) in [6, 6.07) is 5.30. The van der Waals surface area contributed by atoms with Gasteiger partial charge in [0.15, 0.2) is 0 Å². The maximum atomic E-state index is 12.8. The summed E-state index contributed by atoms with van der Waals surface area (Å²) in [5.74, 6) is -1.06. The number of hydrogen-bond acceptors (Lipinski definition) is 4. The molecular formula is C17H25FN4O3. The van der Waals surface area contributed by atoms with E-state index in [2.05, 4.69) is 16.0 Å². The van der Waals surface area contributed by atoms with Gasteiger partial charge in [-0.2, -0.15) is 0 Å². The van der Waals surface area contributed by atoms with Gasteiger partial charge in [0, 0.05) is 13.1 Å². The second-order valence-corrected chi connectivity index (χ2v) is 5.51. The fourth-order valence-electron chi connectivity index (χ4n) is 1.99. The molecule has 138 valence electrons. The molecule has 0 atom stereocenters. The zero-order chi connectivity index (χ0) is 18.7. The zero-order valence-corrected chi connectivity index (χ0v) is 14.6. The van der Waals surface area contributed by atoms with Crippen molar-refractivity contribution in [3.8, 4) is 0 Å². The first-order valence-electron chi connectivity index (χ1n) is 8.25. The molecule has 0 aliphatic rings. The second-order valence-electron chi connectivity index (χ2n) is 5.51. The number of carbonyl (C=O) groups excluding carboxylic acids is 3. The molecule has 3 N–H and O–H groups in total. The van der Waals surface area contributed by atoms with E-state index in [1.54, 1.807) is 17.0 Å². The third kappa shape index (κ3) is 8.80. The van der Waals surface area contributed by atoms with E-state index in [4.69, 9.17) is 0 Å². The Morgan fingerprint density at radius 3 is 2.24 bits per heavy atom. The molecule has 0 aromatic heterocycles. The number of rotatable bonds is 9. The first-order chi connectivity index (χ1) is 11.9. The fraction of sp³-hybridized carbons (Fsp3) is 0.471. The summed E-state index contributed by atoms with van der Waals surface area (Å²) in [4.78, 5) is 36.8. The van der Waals surface area contributed by atoms with E-state index < -0.39 is 11.9 Å². The molecule has 0 saturated heterocycles. The highest BCUT2D eigenvalue weighted by atomic mass is 19.1. The Hall–Kier alpha value is -2.48. The topological polar surface area (TPSA) is 90.5 Å². The summed E-state index contributed by atoms with van der Waals surface area (Å²) in [5.41, 5.74) is 0.781. The molecule has 0 radical (unpaired) electrons. The van der Waals surface area contributed by atoms with Crippen molar-refractivity contribution < 1.29 is 18.8 Å². The molecule has 7 nitrogen and oxygen atoms in total. The van der Waals surface area contributed by atoms with Gasteiger partial charge in [0.25, 0.3) is 0 Å². The second kappa shape index (κ2) is 11.1. The number of benzene rings is 1. The Kier molecular flexibility index (Phi) is 9.16. The van der Waals surface area contributed by atoms with Crippen molar-refractivity contribution in [1.82, 2.24) is 20.9 Å². The molecule has 1 aromatic carbocycles. The van der Waals surface area contributed by atoms with Crippen LogP contribution in [0.1, 0.15) is 25.8 Å². The quantitative estimate of drug-likeness (QED) is 0.618. The highest BCUT2D eigenvalue weighted by Crippen LogP contribution is 2.02. The molecule has 1 aromatic rings. The number of hydrogen-bond donors (Lipinski definition) is 3. The number of carbonyl (C=O) groups is 3. The molecule has 0 aliphatic heterocycles. The normalized spacial score (nSPS) is 10.4. The Bertz CT molecular complexity index is 578. The highest BCUT2D eigenvalue weighted by molar-refractivity contribution is 5.95. The predicted molar refractivity (Wildman–Crippen MR) is 92.2 cm³/mol. The van der Waals surface area contributed by atoms with Crippen molar-refractivity contribution in [3.05, 3.63) is 35.6 Å². The average molecular weight is 352 g/mol. The van der Waals surface area contributed by atoms with Crippen LogP contribution in [0.15, 0.2) is 24.3 Å². The van der Waals surface area contributed by atoms with Crippen LogP contribution in [0.4, 0.5) is 9.18 Å². The zero-order valence-electron chi connectivity index (χ0n) is 14.6. The lowest BCUT2D eigenvalue weighted by Gasteiger charge is -2.19. The monoisotopic (exact) mass is 352 g/mol. The molecule has 1 rings (SSSR count). The Morgan fingerprint density at radius 1 is 1.00 bits per heavy atom. The number of nitrogens with zero attached hydrogens (tertiary/aromatic N) is 1. The number of halogens is 1. The molecule has 0 fully saturated rings. The van der Waals surface area contributed by atoms with Crippen molar-refractivity contribution in [2.24, 2.45) is 0 Å². The van der Waals surface area contributed by atoms with Gasteiger partial charge in [-0.15, -0.1) is 0 Å². The lowest BCUT2D eigenvalue weighted by molar-refractivity contribution is -0.124. The Morgan fingerprint density at radius 2 is 1.64 bits per heavy atom. The summed E-state index contributed by atoms with van der Waals surface area (Å²) < 4.78 is 12.8. The summed E-state index contributed by atoms with van der Waals surface area (Å²) in [6.07, 6.45) is 0.775. The third-order valence-corrected chi connectivity index (χ3v) is 3.37. The highest BCUT2D eigenvalue weighted by Gasteiger charge is 2.14. The minimum Gasteiger partial charge on any atom is -0.351 e. The summed E-state index contributed by atoms with van der Waals surface area (Å²) in [6.45, 7) is 4.95. The van der Waals surface area contributed by atoms with Crippen molar-refractivity contribution in [2.45, 2.75) is 26.8 Å². The number of nitrogens with one attached hydrogen (secondary N) is 3. The van der Waals surface area contributed by atoms with Gasteiger partial charge in [0.1, 0.15) is 5.82 Å². The molecule has 0 bridgehead atoms. The number of imide groups is 1. The van der Waals surface area contributed by atoms with Gasteiger partial charge < -0.3 is 10.6 Å². The van der Waals surface area contributed by atoms with E-state index in [-0.39, 0.29) is 31.4 Å². The van der Waals surface area contributed by atoms with Crippen LogP contribution in [-0.2, 0) is 16.1 Å². The van der Waals surface area contributed by atoms with Crippen LogP contribution in [0.5, 0.6) is 0 Å². The SMILES string of the molecule is CCCNC(=O)NC(=O)CN(CC)CC(=O)NCc1ccc(F)cc1. The van der Waals surface area contributed by atoms with Gasteiger partial charge in [-0.05, 0) is 30.7 Å². The lowest BCUT2D eigenvalue weighted by Crippen LogP contribution is -2.46. The third-order valence-electron chi connectivity index (χ3n) is 3.37. The molecule has 8 heteroatoms. The van der Waals surface area contributed by atoms with E-state index in [1.807, 2.05) is 13.8 Å². The van der Waals surface area contributed by atoms with E-state index >= 15 is 0 Å². The Balaban J connectivity index is 2.35. The molecule has 0 aliphatic carbocycles. The van der Waals surface area contributed by atoms with Gasteiger partial charge in [-0.25, -0.2) is 9.18 Å². The summed E-state index contributed by atoms with van der Waals surface area (Å²) in [7, 11) is 0. The van der Waals surface area contributed by atoms with Crippen LogP contribution < -0.4 is 16.0 Å². The van der Waals surface area contributed by atoms with Crippen LogP contribution in [0, 0.1) is 5.82 Å². The maximum absolute atomic E-state index is 12.8. The fourth-order valence-corrected chi connectivity index (χ4v) is 1.99. The van der Waals surface area contributed by atoms with Crippen LogP contribution in [0.25, 0.3) is 0 Å². The predicted octanol–water partition coefficient (Wildman–Crippen LogP) is 1.000. The number of amides is 4. The lowest BCUT2D eigenvalue weighted by atomic mass is 10.2. The van der Waals surface area contributed by atoms with Gasteiger partial charge >= 0.3 is 6.03 Å². The van der Waals surface area contributed by atoms with Gasteiger partial charge in [0.2, 0.25) is 11.8 Å². The van der Waals surface area contributed by atoms with E-state index in [0.29, 0.717) is 13.1 Å². The molecule has 0 unspecified atom stereocenters. The number of likely N-dealkylation sites (N-methyl/N-ethyl adjacent to an activating group) is 1. The summed E-state index contributed by atoms with van der Waals surface area (Å²) in [5, 5.41) is 7.47. The minimum absolute atomic E-state index is 0.0295. The minimum atomic E-state index is -0.538. The first-order valence-corrected chi connectivity index (χ1v) is 8.25. The summed E-state index contributed by atoms with van der Waals surface area (Å²) >= 11 is 0. The van der Waals surface area contributed by atoms with Gasteiger partial charge in [-0.3, -0.25) is 19.8 Å². The Labute approximate surface area is 147 Å². The standard InChI is InChI=1S/C17H25FN4O3/c1-3-9-19-17(25)21-16(24)12-22(4-2)11-15(23)20-10-13-5-7-14(18)8-6-13/h5-8H,3-4,9-12H2,1-2H3,(H,20,23)(H2,19,21,24,25). The van der Waals surface area contributed by atoms with Crippen molar-refractivity contribution >= 4 is 17.8 Å². The molecule has 25 heavy (non-hydrogen) atoms. The molecule has 4 amide bonds. The van der Waals surface area contributed by atoms with E-state index in [0.717, 1.165) is 12.0 Å². The van der Waals surface area contributed by atoms with Gasteiger partial charge in [0.05, 0.1) is 13.1 Å². The number of urea groups is 1. The molecule has 0 spiro atoms. The van der Waals surface area contributed by atoms with Crippen LogP contribution >= 0.6 is 0 Å². The largest absolute Gasteiger partial charge is 0.351 e. The maximum Gasteiger partial charge on any atom is 0.321 e. The smallest absolute Gasteiger partial charge is 0.321 e. The van der Waals surface area contributed by atoms with Crippen molar-refractivity contribution in [2.75, 3.05) is 26.2 Å². The first kappa shape index (κ1) is 20.6. The van der Waals surface area contributed by atoms with E-state index in [1.165, 1.54) is 12.1 Å². The van der Waals surface area contributed by atoms with Crippen molar-refractivity contribution in [1.29, 1.82) is 0 Å². The molecule has 0 heterocycles. The van der Waals surface area contributed by atoms with Crippen LogP contribution in [0.2, 0.25) is 0 Å².